The average Bonchev–Trinajstić information content (AvgIpc) is 2.52. The van der Waals surface area contributed by atoms with Crippen LogP contribution in [0, 0.1) is 0 Å². The minimum atomic E-state index is -5.11. The molecule has 0 heterocycles. The second-order valence-electron chi connectivity index (χ2n) is 4.70. The predicted octanol–water partition coefficient (Wildman–Crippen LogP) is 3.48. The van der Waals surface area contributed by atoms with Gasteiger partial charge in [0.25, 0.3) is 0 Å². The van der Waals surface area contributed by atoms with Crippen LogP contribution in [0.4, 0.5) is 18.9 Å². The zero-order chi connectivity index (χ0) is 17.0. The first-order chi connectivity index (χ1) is 10.8. The molecule has 0 bridgehead atoms. The maximum Gasteiger partial charge on any atom is 0.471 e. The lowest BCUT2D eigenvalue weighted by Crippen LogP contribution is -2.41. The van der Waals surface area contributed by atoms with Crippen LogP contribution in [0.15, 0.2) is 54.6 Å². The molecule has 0 saturated heterocycles. The molecule has 1 amide bonds. The molecule has 120 valence electrons. The van der Waals surface area contributed by atoms with Crippen molar-refractivity contribution < 1.29 is 27.9 Å². The largest absolute Gasteiger partial charge is 0.478 e. The smallest absolute Gasteiger partial charge is 0.471 e. The SMILES string of the molecule is O=C(O)c1ccccc1N(Cc1ccccc1)C(=O)C(F)(F)F. The Bertz CT molecular complexity index is 714. The number of amides is 1. The Hall–Kier alpha value is -2.83. The Morgan fingerprint density at radius 2 is 1.52 bits per heavy atom. The van der Waals surface area contributed by atoms with Gasteiger partial charge in [-0.1, -0.05) is 42.5 Å². The van der Waals surface area contributed by atoms with Crippen LogP contribution in [-0.2, 0) is 11.3 Å². The molecule has 1 N–H and O–H groups in total. The lowest BCUT2D eigenvalue weighted by molar-refractivity contribution is -0.170. The topological polar surface area (TPSA) is 57.6 Å². The number of carbonyl (C=O) groups is 2. The molecule has 2 aromatic rings. The van der Waals surface area contributed by atoms with Crippen LogP contribution in [0.1, 0.15) is 15.9 Å². The number of nitrogens with zero attached hydrogens (tertiary/aromatic N) is 1. The fourth-order valence-corrected chi connectivity index (χ4v) is 2.08. The third-order valence-corrected chi connectivity index (χ3v) is 3.10. The van der Waals surface area contributed by atoms with Crippen molar-refractivity contribution in [1.29, 1.82) is 0 Å². The number of alkyl halides is 3. The maximum atomic E-state index is 12.9. The molecule has 4 nitrogen and oxygen atoms in total. The van der Waals surface area contributed by atoms with Crippen molar-refractivity contribution in [3.05, 3.63) is 65.7 Å². The van der Waals surface area contributed by atoms with Gasteiger partial charge in [0.1, 0.15) is 0 Å². The molecule has 0 saturated carbocycles. The first-order valence-corrected chi connectivity index (χ1v) is 6.55. The summed E-state index contributed by atoms with van der Waals surface area (Å²) in [5.41, 5.74) is -0.225. The number of hydrogen-bond acceptors (Lipinski definition) is 2. The summed E-state index contributed by atoms with van der Waals surface area (Å²) in [5, 5.41) is 9.15. The van der Waals surface area contributed by atoms with E-state index in [0.29, 0.717) is 10.5 Å². The molecule has 23 heavy (non-hydrogen) atoms. The minimum absolute atomic E-state index is 0.300. The van der Waals surface area contributed by atoms with Gasteiger partial charge in [-0.05, 0) is 17.7 Å². The van der Waals surface area contributed by atoms with E-state index in [1.807, 2.05) is 0 Å². The Balaban J connectivity index is 2.50. The zero-order valence-corrected chi connectivity index (χ0v) is 11.7. The van der Waals surface area contributed by atoms with E-state index in [0.717, 1.165) is 6.07 Å². The van der Waals surface area contributed by atoms with E-state index in [2.05, 4.69) is 0 Å². The molecule has 2 aromatic carbocycles. The number of rotatable bonds is 4. The summed E-state index contributed by atoms with van der Waals surface area (Å²) < 4.78 is 38.6. The van der Waals surface area contributed by atoms with Crippen LogP contribution in [0.5, 0.6) is 0 Å². The summed E-state index contributed by atoms with van der Waals surface area (Å²) in [6, 6.07) is 13.1. The summed E-state index contributed by atoms with van der Waals surface area (Å²) in [6.07, 6.45) is -5.11. The molecule has 0 unspecified atom stereocenters. The van der Waals surface area contributed by atoms with Gasteiger partial charge in [0.05, 0.1) is 17.8 Å². The van der Waals surface area contributed by atoms with E-state index in [-0.39, 0.29) is 17.8 Å². The fraction of sp³-hybridized carbons (Fsp3) is 0.125. The third kappa shape index (κ3) is 3.88. The number of hydrogen-bond donors (Lipinski definition) is 1. The zero-order valence-electron chi connectivity index (χ0n) is 11.7. The van der Waals surface area contributed by atoms with Gasteiger partial charge in [0.15, 0.2) is 0 Å². The number of carbonyl (C=O) groups excluding carboxylic acids is 1. The van der Waals surface area contributed by atoms with Gasteiger partial charge in [-0.3, -0.25) is 9.69 Å². The summed E-state index contributed by atoms with van der Waals surface area (Å²) >= 11 is 0. The molecule has 0 aliphatic carbocycles. The van der Waals surface area contributed by atoms with Gasteiger partial charge < -0.3 is 5.11 Å². The van der Waals surface area contributed by atoms with Crippen molar-refractivity contribution >= 4 is 17.6 Å². The Kier molecular flexibility index (Phi) is 4.68. The van der Waals surface area contributed by atoms with Crippen LogP contribution in [0.25, 0.3) is 0 Å². The maximum absolute atomic E-state index is 12.9. The predicted molar refractivity (Wildman–Crippen MR) is 77.1 cm³/mol. The van der Waals surface area contributed by atoms with E-state index in [1.54, 1.807) is 30.3 Å². The Morgan fingerprint density at radius 3 is 2.09 bits per heavy atom. The normalized spacial score (nSPS) is 11.1. The van der Waals surface area contributed by atoms with Crippen LogP contribution in [-0.4, -0.2) is 23.2 Å². The standard InChI is InChI=1S/C16H12F3NO3/c17-16(18,19)15(23)20(10-11-6-2-1-3-7-11)13-9-5-4-8-12(13)14(21)22/h1-9H,10H2,(H,21,22). The average molecular weight is 323 g/mol. The second kappa shape index (κ2) is 6.51. The number of halogens is 3. The van der Waals surface area contributed by atoms with Gasteiger partial charge in [-0.25, -0.2) is 4.79 Å². The molecule has 0 atom stereocenters. The molecule has 0 spiro atoms. The fourth-order valence-electron chi connectivity index (χ4n) is 2.08. The van der Waals surface area contributed by atoms with Gasteiger partial charge in [-0.15, -0.1) is 0 Å². The molecule has 0 radical (unpaired) electrons. The summed E-state index contributed by atoms with van der Waals surface area (Å²) in [4.78, 5) is 23.4. The van der Waals surface area contributed by atoms with Crippen molar-refractivity contribution in [1.82, 2.24) is 0 Å². The van der Waals surface area contributed by atoms with E-state index in [4.69, 9.17) is 5.11 Å². The number of anilines is 1. The van der Waals surface area contributed by atoms with Crippen molar-refractivity contribution in [3.63, 3.8) is 0 Å². The molecule has 0 fully saturated rings. The monoisotopic (exact) mass is 323 g/mol. The number of carboxylic acids is 1. The lowest BCUT2D eigenvalue weighted by atomic mass is 10.1. The first-order valence-electron chi connectivity index (χ1n) is 6.55. The van der Waals surface area contributed by atoms with Crippen molar-refractivity contribution in [3.8, 4) is 0 Å². The highest BCUT2D eigenvalue weighted by molar-refractivity contribution is 6.03. The number of carboxylic acid groups (broad SMARTS) is 1. The van der Waals surface area contributed by atoms with Crippen LogP contribution >= 0.6 is 0 Å². The Morgan fingerprint density at radius 1 is 0.957 bits per heavy atom. The van der Waals surface area contributed by atoms with Crippen molar-refractivity contribution in [2.75, 3.05) is 4.90 Å². The molecule has 7 heteroatoms. The first kappa shape index (κ1) is 16.5. The minimum Gasteiger partial charge on any atom is -0.478 e. The second-order valence-corrected chi connectivity index (χ2v) is 4.70. The molecule has 0 aliphatic heterocycles. The van der Waals surface area contributed by atoms with E-state index >= 15 is 0 Å². The van der Waals surface area contributed by atoms with Crippen molar-refractivity contribution in [2.24, 2.45) is 0 Å². The molecule has 2 rings (SSSR count). The number of para-hydroxylation sites is 1. The number of benzene rings is 2. The van der Waals surface area contributed by atoms with Gasteiger partial charge in [0, 0.05) is 0 Å². The quantitative estimate of drug-likeness (QED) is 0.937. The van der Waals surface area contributed by atoms with E-state index in [1.165, 1.54) is 18.2 Å². The van der Waals surface area contributed by atoms with E-state index < -0.39 is 18.1 Å². The van der Waals surface area contributed by atoms with Gasteiger partial charge >= 0.3 is 18.1 Å². The third-order valence-electron chi connectivity index (χ3n) is 3.10. The highest BCUT2D eigenvalue weighted by atomic mass is 19.4. The molecule has 0 aliphatic rings. The highest BCUT2D eigenvalue weighted by Gasteiger charge is 2.43. The molecular weight excluding hydrogens is 311 g/mol. The molecular formula is C16H12F3NO3. The van der Waals surface area contributed by atoms with Crippen LogP contribution < -0.4 is 4.90 Å². The Labute approximate surface area is 129 Å². The highest BCUT2D eigenvalue weighted by Crippen LogP contribution is 2.28. The van der Waals surface area contributed by atoms with Crippen LogP contribution in [0.2, 0.25) is 0 Å². The number of aromatic carboxylic acids is 1. The molecule has 0 aromatic heterocycles. The van der Waals surface area contributed by atoms with E-state index in [9.17, 15) is 22.8 Å². The summed E-state index contributed by atoms with van der Waals surface area (Å²) in [7, 11) is 0. The summed E-state index contributed by atoms with van der Waals surface area (Å²) in [5.74, 6) is -3.52. The van der Waals surface area contributed by atoms with Gasteiger partial charge in [0.2, 0.25) is 0 Å². The van der Waals surface area contributed by atoms with Crippen LogP contribution in [0.3, 0.4) is 0 Å². The summed E-state index contributed by atoms with van der Waals surface area (Å²) in [6.45, 7) is -0.385. The van der Waals surface area contributed by atoms with Gasteiger partial charge in [-0.2, -0.15) is 13.2 Å². The lowest BCUT2D eigenvalue weighted by Gasteiger charge is -2.25. The van der Waals surface area contributed by atoms with Crippen molar-refractivity contribution in [2.45, 2.75) is 12.7 Å².